The first-order valence-electron chi connectivity index (χ1n) is 10.7. The highest BCUT2D eigenvalue weighted by molar-refractivity contribution is 7.87. The van der Waals surface area contributed by atoms with Gasteiger partial charge in [0.05, 0.1) is 6.61 Å². The summed E-state index contributed by atoms with van der Waals surface area (Å²) in [4.78, 5) is 0.244. The predicted molar refractivity (Wildman–Crippen MR) is 117 cm³/mol. The van der Waals surface area contributed by atoms with Crippen LogP contribution >= 0.6 is 0 Å². The van der Waals surface area contributed by atoms with Gasteiger partial charge in [-0.2, -0.15) is 8.42 Å². The maximum absolute atomic E-state index is 12.7. The van der Waals surface area contributed by atoms with Gasteiger partial charge in [0.15, 0.2) is 0 Å². The van der Waals surface area contributed by atoms with E-state index in [1.54, 1.807) is 12.1 Å². The Kier molecular flexibility index (Phi) is 10.3. The minimum atomic E-state index is -3.75. The second-order valence-electron chi connectivity index (χ2n) is 7.32. The van der Waals surface area contributed by atoms with Crippen LogP contribution in [0.1, 0.15) is 71.1 Å². The molecule has 0 fully saturated rings. The fourth-order valence-corrected chi connectivity index (χ4v) is 4.53. The number of hydrogen-bond donors (Lipinski definition) is 0. The van der Waals surface area contributed by atoms with E-state index in [0.29, 0.717) is 5.56 Å². The lowest BCUT2D eigenvalue weighted by Gasteiger charge is -2.11. The van der Waals surface area contributed by atoms with Gasteiger partial charge < -0.3 is 0 Å². The van der Waals surface area contributed by atoms with Gasteiger partial charge in [-0.05, 0) is 18.1 Å². The van der Waals surface area contributed by atoms with Crippen molar-refractivity contribution in [2.24, 2.45) is 0 Å². The third kappa shape index (κ3) is 7.76. The lowest BCUT2D eigenvalue weighted by atomic mass is 10.1. The summed E-state index contributed by atoms with van der Waals surface area (Å²) in [5.41, 5.74) is 1.57. The highest BCUT2D eigenvalue weighted by atomic mass is 32.2. The normalized spacial score (nSPS) is 11.6. The zero-order valence-corrected chi connectivity index (χ0v) is 17.9. The zero-order chi connectivity index (χ0) is 20.1. The van der Waals surface area contributed by atoms with Gasteiger partial charge >= 0.3 is 0 Å². The van der Waals surface area contributed by atoms with Crippen molar-refractivity contribution < 1.29 is 12.6 Å². The van der Waals surface area contributed by atoms with Crippen LogP contribution in [-0.4, -0.2) is 15.0 Å². The standard InChI is InChI=1S/C24H34O3S/c1-2-3-4-5-6-7-8-9-10-16-21-27-28(25,26)24-20-15-14-19-23(24)22-17-12-11-13-18-22/h11-15,17-20H,2-10,16,21H2,1H3. The molecule has 0 spiro atoms. The van der Waals surface area contributed by atoms with E-state index in [-0.39, 0.29) is 11.5 Å². The maximum Gasteiger partial charge on any atom is 0.297 e. The summed E-state index contributed by atoms with van der Waals surface area (Å²) in [6.07, 6.45) is 12.1. The van der Waals surface area contributed by atoms with E-state index in [9.17, 15) is 8.42 Å². The molecule has 0 heterocycles. The molecule has 0 amide bonds. The van der Waals surface area contributed by atoms with Crippen LogP contribution in [0.5, 0.6) is 0 Å². The Bertz CT molecular complexity index is 769. The molecular formula is C24H34O3S. The van der Waals surface area contributed by atoms with Crippen molar-refractivity contribution in [2.75, 3.05) is 6.61 Å². The second kappa shape index (κ2) is 12.7. The number of unbranched alkanes of at least 4 members (excludes halogenated alkanes) is 9. The third-order valence-electron chi connectivity index (χ3n) is 4.98. The molecule has 154 valence electrons. The molecule has 0 saturated carbocycles. The maximum atomic E-state index is 12.7. The van der Waals surface area contributed by atoms with Gasteiger partial charge in [0.2, 0.25) is 0 Å². The van der Waals surface area contributed by atoms with Crippen molar-refractivity contribution >= 4 is 10.1 Å². The molecule has 2 aromatic rings. The second-order valence-corrected chi connectivity index (χ2v) is 8.90. The molecule has 0 atom stereocenters. The first-order valence-corrected chi connectivity index (χ1v) is 12.1. The molecule has 0 N–H and O–H groups in total. The molecule has 0 unspecified atom stereocenters. The van der Waals surface area contributed by atoms with Crippen LogP contribution in [-0.2, 0) is 14.3 Å². The molecule has 0 bridgehead atoms. The van der Waals surface area contributed by atoms with E-state index in [1.807, 2.05) is 42.5 Å². The van der Waals surface area contributed by atoms with Crippen LogP contribution in [0.4, 0.5) is 0 Å². The predicted octanol–water partition coefficient (Wildman–Crippen LogP) is 6.98. The van der Waals surface area contributed by atoms with Crippen LogP contribution in [0.15, 0.2) is 59.5 Å². The monoisotopic (exact) mass is 402 g/mol. The molecule has 0 aliphatic rings. The molecule has 3 nitrogen and oxygen atoms in total. The molecule has 2 rings (SSSR count). The fraction of sp³-hybridized carbons (Fsp3) is 0.500. The minimum Gasteiger partial charge on any atom is -0.266 e. The molecule has 4 heteroatoms. The van der Waals surface area contributed by atoms with E-state index in [0.717, 1.165) is 24.8 Å². The van der Waals surface area contributed by atoms with Crippen LogP contribution in [0.3, 0.4) is 0 Å². The molecular weight excluding hydrogens is 368 g/mol. The van der Waals surface area contributed by atoms with Crippen molar-refractivity contribution in [1.29, 1.82) is 0 Å². The lowest BCUT2D eigenvalue weighted by molar-refractivity contribution is 0.306. The van der Waals surface area contributed by atoms with Crippen LogP contribution in [0.2, 0.25) is 0 Å². The van der Waals surface area contributed by atoms with Crippen molar-refractivity contribution in [3.8, 4) is 11.1 Å². The van der Waals surface area contributed by atoms with Gasteiger partial charge in [-0.1, -0.05) is 113 Å². The van der Waals surface area contributed by atoms with Crippen molar-refractivity contribution in [2.45, 2.75) is 76.0 Å². The summed E-state index contributed by atoms with van der Waals surface area (Å²) in [5.74, 6) is 0. The SMILES string of the molecule is CCCCCCCCCCCCOS(=O)(=O)c1ccccc1-c1ccccc1. The van der Waals surface area contributed by atoms with E-state index in [1.165, 1.54) is 44.9 Å². The van der Waals surface area contributed by atoms with E-state index in [4.69, 9.17) is 4.18 Å². The molecule has 0 aromatic heterocycles. The lowest BCUT2D eigenvalue weighted by Crippen LogP contribution is -2.09. The highest BCUT2D eigenvalue weighted by Crippen LogP contribution is 2.28. The van der Waals surface area contributed by atoms with Gasteiger partial charge in [-0.15, -0.1) is 0 Å². The van der Waals surface area contributed by atoms with E-state index >= 15 is 0 Å². The molecule has 28 heavy (non-hydrogen) atoms. The summed E-state index contributed by atoms with van der Waals surface area (Å²) in [6, 6.07) is 16.6. The summed E-state index contributed by atoms with van der Waals surface area (Å²) in [7, 11) is -3.75. The quantitative estimate of drug-likeness (QED) is 0.253. The summed E-state index contributed by atoms with van der Waals surface area (Å²) in [6.45, 7) is 2.49. The first kappa shape index (κ1) is 22.6. The molecule has 0 aliphatic carbocycles. The van der Waals surface area contributed by atoms with Gasteiger partial charge in [-0.3, -0.25) is 4.18 Å². The van der Waals surface area contributed by atoms with Crippen molar-refractivity contribution in [3.63, 3.8) is 0 Å². The Morgan fingerprint density at radius 2 is 1.21 bits per heavy atom. The number of benzene rings is 2. The van der Waals surface area contributed by atoms with Crippen LogP contribution < -0.4 is 0 Å². The largest absolute Gasteiger partial charge is 0.297 e. The Hall–Kier alpha value is -1.65. The molecule has 0 aliphatic heterocycles. The van der Waals surface area contributed by atoms with Crippen LogP contribution in [0.25, 0.3) is 11.1 Å². The Morgan fingerprint density at radius 3 is 1.86 bits per heavy atom. The first-order chi connectivity index (χ1) is 13.6. The summed E-state index contributed by atoms with van der Waals surface area (Å²) < 4.78 is 30.7. The zero-order valence-electron chi connectivity index (χ0n) is 17.1. The van der Waals surface area contributed by atoms with E-state index in [2.05, 4.69) is 6.92 Å². The minimum absolute atomic E-state index is 0.244. The van der Waals surface area contributed by atoms with Gasteiger partial charge in [0.25, 0.3) is 10.1 Å². The smallest absolute Gasteiger partial charge is 0.266 e. The van der Waals surface area contributed by atoms with E-state index < -0.39 is 10.1 Å². The summed E-state index contributed by atoms with van der Waals surface area (Å²) >= 11 is 0. The molecule has 0 saturated heterocycles. The van der Waals surface area contributed by atoms with Crippen molar-refractivity contribution in [1.82, 2.24) is 0 Å². The Morgan fingerprint density at radius 1 is 0.679 bits per heavy atom. The highest BCUT2D eigenvalue weighted by Gasteiger charge is 2.19. The fourth-order valence-electron chi connectivity index (χ4n) is 3.36. The van der Waals surface area contributed by atoms with Gasteiger partial charge in [-0.25, -0.2) is 0 Å². The number of hydrogen-bond acceptors (Lipinski definition) is 3. The van der Waals surface area contributed by atoms with Gasteiger partial charge in [0, 0.05) is 5.56 Å². The molecule has 2 aromatic carbocycles. The van der Waals surface area contributed by atoms with Crippen LogP contribution in [0, 0.1) is 0 Å². The number of rotatable bonds is 14. The third-order valence-corrected chi connectivity index (χ3v) is 6.35. The van der Waals surface area contributed by atoms with Crippen molar-refractivity contribution in [3.05, 3.63) is 54.6 Å². The summed E-state index contributed by atoms with van der Waals surface area (Å²) in [5, 5.41) is 0. The molecule has 0 radical (unpaired) electrons. The average molecular weight is 403 g/mol. The topological polar surface area (TPSA) is 43.4 Å². The Labute approximate surface area is 171 Å². The average Bonchev–Trinajstić information content (AvgIpc) is 2.72. The van der Waals surface area contributed by atoms with Gasteiger partial charge in [0.1, 0.15) is 4.90 Å². The Balaban J connectivity index is 1.73.